The summed E-state index contributed by atoms with van der Waals surface area (Å²) in [4.78, 5) is 14.9. The van der Waals surface area contributed by atoms with Gasteiger partial charge in [0.15, 0.2) is 17.5 Å². The highest BCUT2D eigenvalue weighted by Gasteiger charge is 2.20. The zero-order valence-corrected chi connectivity index (χ0v) is 30.1. The van der Waals surface area contributed by atoms with E-state index in [1.165, 1.54) is 11.1 Å². The number of hydrogen-bond acceptors (Lipinski definition) is 5. The van der Waals surface area contributed by atoms with Gasteiger partial charge in [-0.1, -0.05) is 152 Å². The van der Waals surface area contributed by atoms with Crippen molar-refractivity contribution in [3.8, 4) is 67.5 Å². The van der Waals surface area contributed by atoms with E-state index in [9.17, 15) is 0 Å². The first-order valence-corrected chi connectivity index (χ1v) is 18.7. The second-order valence-corrected chi connectivity index (χ2v) is 14.0. The second-order valence-electron chi connectivity index (χ2n) is 14.0. The lowest BCUT2D eigenvalue weighted by atomic mass is 9.94. The van der Waals surface area contributed by atoms with Crippen LogP contribution in [0.5, 0.6) is 0 Å². The lowest BCUT2D eigenvalue weighted by molar-refractivity contribution is 0.669. The fourth-order valence-electron chi connectivity index (χ4n) is 7.76. The van der Waals surface area contributed by atoms with Crippen LogP contribution in [0.25, 0.3) is 111 Å². The van der Waals surface area contributed by atoms with Crippen molar-refractivity contribution in [3.05, 3.63) is 188 Å². The Bertz CT molecular complexity index is 3170. The molecule has 0 aliphatic carbocycles. The summed E-state index contributed by atoms with van der Waals surface area (Å²) in [7, 11) is 0. The summed E-state index contributed by atoms with van der Waals surface area (Å²) >= 11 is 0. The molecule has 56 heavy (non-hydrogen) atoms. The maximum absolute atomic E-state index is 6.79. The Labute approximate surface area is 322 Å². The van der Waals surface area contributed by atoms with Gasteiger partial charge in [0.2, 0.25) is 0 Å². The molecule has 0 radical (unpaired) electrons. The maximum atomic E-state index is 6.79. The van der Waals surface area contributed by atoms with E-state index in [0.29, 0.717) is 17.5 Å². The van der Waals surface area contributed by atoms with E-state index in [1.54, 1.807) is 0 Å². The van der Waals surface area contributed by atoms with Crippen molar-refractivity contribution in [2.45, 2.75) is 0 Å². The minimum absolute atomic E-state index is 0.558. The Kier molecular flexibility index (Phi) is 7.42. The van der Waals surface area contributed by atoms with Gasteiger partial charge in [-0.05, 0) is 64.2 Å². The molecule has 5 nitrogen and oxygen atoms in total. The van der Waals surface area contributed by atoms with E-state index < -0.39 is 0 Å². The minimum atomic E-state index is 0.558. The summed E-state index contributed by atoms with van der Waals surface area (Å²) in [5.74, 6) is 1.78. The Morgan fingerprint density at radius 2 is 0.786 bits per heavy atom. The molecule has 0 atom stereocenters. The summed E-state index contributed by atoms with van der Waals surface area (Å²) in [5.41, 5.74) is 12.5. The molecule has 11 rings (SSSR count). The predicted octanol–water partition coefficient (Wildman–Crippen LogP) is 13.7. The van der Waals surface area contributed by atoms with Crippen molar-refractivity contribution in [3.63, 3.8) is 0 Å². The van der Waals surface area contributed by atoms with E-state index in [-0.39, 0.29) is 0 Å². The van der Waals surface area contributed by atoms with E-state index in [1.807, 2.05) is 91.0 Å². The van der Waals surface area contributed by atoms with Crippen LogP contribution in [0, 0.1) is 0 Å². The van der Waals surface area contributed by atoms with Crippen molar-refractivity contribution in [1.82, 2.24) is 15.0 Å². The number of nitrogens with zero attached hydrogens (tertiary/aromatic N) is 3. The smallest absolute Gasteiger partial charge is 0.167 e. The molecule has 262 valence electrons. The zero-order chi connectivity index (χ0) is 37.0. The SMILES string of the molecule is c1ccc(-c2ccc(-c3cc(-c4ccc5c(c4)oc4c(-c6nc(-c7ccccc7)nc(-c7ccccc7)n6)cccc45)cc4c3oc3ccccc34)cc2)cc1. The van der Waals surface area contributed by atoms with Gasteiger partial charge >= 0.3 is 0 Å². The highest BCUT2D eigenvalue weighted by atomic mass is 16.3. The summed E-state index contributed by atoms with van der Waals surface area (Å²) in [6, 6.07) is 64.6. The molecule has 11 aromatic rings. The molecule has 0 amide bonds. The molecule has 5 heteroatoms. The molecule has 0 bridgehead atoms. The number of furan rings is 2. The molecule has 0 spiro atoms. The number of fused-ring (bicyclic) bond motifs is 6. The molecule has 0 N–H and O–H groups in total. The number of hydrogen-bond donors (Lipinski definition) is 0. The Hall–Kier alpha value is -7.63. The standard InChI is InChI=1S/C51H31N3O2/c1-4-13-32(14-5-1)33-23-25-34(26-24-33)43-29-38(30-44-39-19-10-11-22-45(39)55-48(43)44)37-27-28-40-41-20-12-21-42(47(41)56-46(40)31-37)51-53-49(35-15-6-2-7-16-35)52-50(54-51)36-17-8-3-9-18-36/h1-31H. The van der Waals surface area contributed by atoms with Crippen LogP contribution in [0.3, 0.4) is 0 Å². The van der Waals surface area contributed by atoms with Gasteiger partial charge in [0.25, 0.3) is 0 Å². The first kappa shape index (κ1) is 31.9. The van der Waals surface area contributed by atoms with Crippen LogP contribution in [-0.2, 0) is 0 Å². The van der Waals surface area contributed by atoms with E-state index in [0.717, 1.165) is 82.8 Å². The number of para-hydroxylation sites is 2. The van der Waals surface area contributed by atoms with Crippen LogP contribution in [0.2, 0.25) is 0 Å². The molecule has 0 aliphatic heterocycles. The second kappa shape index (κ2) is 13.0. The molecular formula is C51H31N3O2. The molecule has 3 aromatic heterocycles. The van der Waals surface area contributed by atoms with Gasteiger partial charge in [-0.2, -0.15) is 0 Å². The highest BCUT2D eigenvalue weighted by Crippen LogP contribution is 2.42. The third-order valence-electron chi connectivity index (χ3n) is 10.6. The van der Waals surface area contributed by atoms with Crippen molar-refractivity contribution < 1.29 is 8.83 Å². The topological polar surface area (TPSA) is 65.0 Å². The predicted molar refractivity (Wildman–Crippen MR) is 227 cm³/mol. The molecular weight excluding hydrogens is 687 g/mol. The fraction of sp³-hybridized carbons (Fsp3) is 0. The van der Waals surface area contributed by atoms with Crippen LogP contribution in [0.1, 0.15) is 0 Å². The Balaban J connectivity index is 1.06. The van der Waals surface area contributed by atoms with E-state index in [4.69, 9.17) is 23.8 Å². The fourth-order valence-corrected chi connectivity index (χ4v) is 7.76. The zero-order valence-electron chi connectivity index (χ0n) is 30.1. The average molecular weight is 718 g/mol. The maximum Gasteiger partial charge on any atom is 0.167 e. The summed E-state index contributed by atoms with van der Waals surface area (Å²) in [5, 5.41) is 4.19. The summed E-state index contributed by atoms with van der Waals surface area (Å²) in [6.07, 6.45) is 0. The number of benzene rings is 8. The highest BCUT2D eigenvalue weighted by molar-refractivity contribution is 6.13. The lowest BCUT2D eigenvalue weighted by Crippen LogP contribution is -2.00. The van der Waals surface area contributed by atoms with Crippen LogP contribution in [0.4, 0.5) is 0 Å². The lowest BCUT2D eigenvalue weighted by Gasteiger charge is -2.09. The van der Waals surface area contributed by atoms with E-state index in [2.05, 4.69) is 97.1 Å². The molecule has 0 fully saturated rings. The van der Waals surface area contributed by atoms with Gasteiger partial charge in [-0.3, -0.25) is 0 Å². The molecule has 0 saturated heterocycles. The minimum Gasteiger partial charge on any atom is -0.455 e. The third-order valence-corrected chi connectivity index (χ3v) is 10.6. The normalized spacial score (nSPS) is 11.6. The monoisotopic (exact) mass is 717 g/mol. The van der Waals surface area contributed by atoms with Crippen molar-refractivity contribution >= 4 is 43.9 Å². The first-order chi connectivity index (χ1) is 27.7. The largest absolute Gasteiger partial charge is 0.455 e. The number of aromatic nitrogens is 3. The molecule has 3 heterocycles. The van der Waals surface area contributed by atoms with Gasteiger partial charge in [0.1, 0.15) is 22.3 Å². The molecule has 0 aliphatic rings. The van der Waals surface area contributed by atoms with Gasteiger partial charge in [-0.15, -0.1) is 0 Å². The van der Waals surface area contributed by atoms with Crippen molar-refractivity contribution in [1.29, 1.82) is 0 Å². The Morgan fingerprint density at radius 1 is 0.268 bits per heavy atom. The average Bonchev–Trinajstić information content (AvgIpc) is 3.85. The van der Waals surface area contributed by atoms with Gasteiger partial charge in [0.05, 0.1) is 5.56 Å². The van der Waals surface area contributed by atoms with Crippen LogP contribution < -0.4 is 0 Å². The Morgan fingerprint density at radius 3 is 1.50 bits per heavy atom. The first-order valence-electron chi connectivity index (χ1n) is 18.7. The third kappa shape index (κ3) is 5.45. The van der Waals surface area contributed by atoms with Crippen LogP contribution in [0.15, 0.2) is 197 Å². The molecule has 0 unspecified atom stereocenters. The number of rotatable bonds is 6. The summed E-state index contributed by atoms with van der Waals surface area (Å²) in [6.45, 7) is 0. The van der Waals surface area contributed by atoms with Crippen LogP contribution >= 0.6 is 0 Å². The van der Waals surface area contributed by atoms with Gasteiger partial charge < -0.3 is 8.83 Å². The van der Waals surface area contributed by atoms with Crippen molar-refractivity contribution in [2.75, 3.05) is 0 Å². The van der Waals surface area contributed by atoms with Gasteiger partial charge in [-0.25, -0.2) is 15.0 Å². The quantitative estimate of drug-likeness (QED) is 0.171. The van der Waals surface area contributed by atoms with Crippen LogP contribution in [-0.4, -0.2) is 15.0 Å². The molecule has 0 saturated carbocycles. The van der Waals surface area contributed by atoms with Crippen molar-refractivity contribution in [2.24, 2.45) is 0 Å². The van der Waals surface area contributed by atoms with Gasteiger partial charge in [0, 0.05) is 38.2 Å². The molecule has 8 aromatic carbocycles. The summed E-state index contributed by atoms with van der Waals surface area (Å²) < 4.78 is 13.3. The van der Waals surface area contributed by atoms with E-state index >= 15 is 0 Å².